The summed E-state index contributed by atoms with van der Waals surface area (Å²) in [7, 11) is 0. The fourth-order valence-electron chi connectivity index (χ4n) is 1.74. The minimum atomic E-state index is -1.03. The first-order valence-corrected chi connectivity index (χ1v) is 6.91. The Bertz CT molecular complexity index is 689. The lowest BCUT2D eigenvalue weighted by atomic mass is 10.1. The Labute approximate surface area is 129 Å². The molecule has 0 radical (unpaired) electrons. The number of hydrogen-bond donors (Lipinski definition) is 3. The van der Waals surface area contributed by atoms with E-state index in [1.165, 1.54) is 6.07 Å². The van der Waals surface area contributed by atoms with Crippen molar-refractivity contribution in [3.8, 4) is 0 Å². The van der Waals surface area contributed by atoms with Crippen LogP contribution >= 0.6 is 27.5 Å². The fraction of sp³-hybridized carbons (Fsp3) is 0.0714. The van der Waals surface area contributed by atoms with Crippen molar-refractivity contribution in [1.82, 2.24) is 0 Å². The number of carboxylic acid groups (broad SMARTS) is 1. The summed E-state index contributed by atoms with van der Waals surface area (Å²) < 4.78 is 0.790. The highest BCUT2D eigenvalue weighted by Gasteiger charge is 2.12. The number of nitrogens with two attached hydrogens (primary N) is 1. The maximum atomic E-state index is 11.2. The van der Waals surface area contributed by atoms with E-state index in [-0.39, 0.29) is 5.56 Å². The first-order valence-electron chi connectivity index (χ1n) is 5.74. The molecule has 6 heteroatoms. The standard InChI is InChI=1S/C14H12BrClN2O2/c1-7-4-10(15)13(6-11(7)16)18-12-5-8(17)2-3-9(12)14(19)20/h2-6,18H,17H2,1H3,(H,19,20). The zero-order valence-corrected chi connectivity index (χ0v) is 12.9. The van der Waals surface area contributed by atoms with Crippen LogP contribution in [0.1, 0.15) is 15.9 Å². The van der Waals surface area contributed by atoms with Gasteiger partial charge in [0, 0.05) is 15.2 Å². The van der Waals surface area contributed by atoms with Crippen LogP contribution < -0.4 is 11.1 Å². The van der Waals surface area contributed by atoms with Gasteiger partial charge in [0.25, 0.3) is 0 Å². The van der Waals surface area contributed by atoms with E-state index in [0.29, 0.717) is 22.1 Å². The van der Waals surface area contributed by atoms with Gasteiger partial charge in [-0.15, -0.1) is 0 Å². The van der Waals surface area contributed by atoms with Crippen molar-refractivity contribution >= 4 is 50.6 Å². The van der Waals surface area contributed by atoms with E-state index in [1.807, 2.05) is 13.0 Å². The zero-order valence-electron chi connectivity index (χ0n) is 10.6. The monoisotopic (exact) mass is 354 g/mol. The van der Waals surface area contributed by atoms with Crippen LogP contribution in [0.15, 0.2) is 34.8 Å². The maximum absolute atomic E-state index is 11.2. The molecular weight excluding hydrogens is 344 g/mol. The molecule has 0 amide bonds. The molecule has 4 nitrogen and oxygen atoms in total. The summed E-state index contributed by atoms with van der Waals surface area (Å²) in [5, 5.41) is 12.8. The summed E-state index contributed by atoms with van der Waals surface area (Å²) in [5.41, 5.74) is 8.34. The van der Waals surface area contributed by atoms with Gasteiger partial charge < -0.3 is 16.2 Å². The molecule has 0 atom stereocenters. The molecule has 2 aromatic carbocycles. The van der Waals surface area contributed by atoms with Crippen molar-refractivity contribution in [3.05, 3.63) is 51.0 Å². The second-order valence-corrected chi connectivity index (χ2v) is 5.58. The normalized spacial score (nSPS) is 10.3. The van der Waals surface area contributed by atoms with Gasteiger partial charge >= 0.3 is 5.97 Å². The Morgan fingerprint density at radius 3 is 2.65 bits per heavy atom. The van der Waals surface area contributed by atoms with Gasteiger partial charge in [0.1, 0.15) is 0 Å². The van der Waals surface area contributed by atoms with Gasteiger partial charge in [-0.3, -0.25) is 0 Å². The molecular formula is C14H12BrClN2O2. The minimum Gasteiger partial charge on any atom is -0.478 e. The number of halogens is 2. The van der Waals surface area contributed by atoms with Crippen molar-refractivity contribution in [2.24, 2.45) is 0 Å². The molecule has 0 aliphatic carbocycles. The molecule has 0 aromatic heterocycles. The van der Waals surface area contributed by atoms with Crippen molar-refractivity contribution < 1.29 is 9.90 Å². The van der Waals surface area contributed by atoms with Crippen LogP contribution in [0.2, 0.25) is 5.02 Å². The molecule has 0 bridgehead atoms. The second kappa shape index (κ2) is 5.73. The third-order valence-corrected chi connectivity index (χ3v) is 3.85. The number of anilines is 3. The van der Waals surface area contributed by atoms with Crippen LogP contribution in [0.4, 0.5) is 17.1 Å². The first kappa shape index (κ1) is 14.7. The molecule has 0 unspecified atom stereocenters. The summed E-state index contributed by atoms with van der Waals surface area (Å²) in [6.45, 7) is 1.89. The Morgan fingerprint density at radius 1 is 1.30 bits per heavy atom. The zero-order chi connectivity index (χ0) is 14.9. The number of benzene rings is 2. The summed E-state index contributed by atoms with van der Waals surface area (Å²) in [6, 6.07) is 8.17. The van der Waals surface area contributed by atoms with Crippen LogP contribution in [0, 0.1) is 6.92 Å². The van der Waals surface area contributed by atoms with Crippen LogP contribution in [0.25, 0.3) is 0 Å². The van der Waals surface area contributed by atoms with Crippen molar-refractivity contribution in [1.29, 1.82) is 0 Å². The summed E-state index contributed by atoms with van der Waals surface area (Å²) >= 11 is 9.50. The molecule has 0 spiro atoms. The minimum absolute atomic E-state index is 0.141. The second-order valence-electron chi connectivity index (χ2n) is 4.32. The molecule has 0 fully saturated rings. The third-order valence-electron chi connectivity index (χ3n) is 2.79. The quantitative estimate of drug-likeness (QED) is 0.712. The Hall–Kier alpha value is -1.72. The largest absolute Gasteiger partial charge is 0.478 e. The fourth-order valence-corrected chi connectivity index (χ4v) is 2.46. The number of nitrogen functional groups attached to an aromatic ring is 1. The average molecular weight is 356 g/mol. The number of carboxylic acids is 1. The van der Waals surface area contributed by atoms with Crippen LogP contribution in [-0.4, -0.2) is 11.1 Å². The molecule has 0 heterocycles. The van der Waals surface area contributed by atoms with E-state index in [4.69, 9.17) is 17.3 Å². The highest BCUT2D eigenvalue weighted by atomic mass is 79.9. The predicted octanol–water partition coefficient (Wildman–Crippen LogP) is 4.43. The van der Waals surface area contributed by atoms with E-state index in [9.17, 15) is 9.90 Å². The number of carbonyl (C=O) groups is 1. The Morgan fingerprint density at radius 2 is 2.00 bits per heavy atom. The van der Waals surface area contributed by atoms with Gasteiger partial charge in [0.05, 0.1) is 16.9 Å². The Balaban J connectivity index is 2.47. The Kier molecular flexibility index (Phi) is 4.20. The molecule has 4 N–H and O–H groups in total. The van der Waals surface area contributed by atoms with Crippen molar-refractivity contribution in [2.45, 2.75) is 6.92 Å². The summed E-state index contributed by atoms with van der Waals surface area (Å²) in [5.74, 6) is -1.03. The van der Waals surface area contributed by atoms with Crippen LogP contribution in [-0.2, 0) is 0 Å². The lowest BCUT2D eigenvalue weighted by molar-refractivity contribution is 0.0698. The van der Waals surface area contributed by atoms with E-state index >= 15 is 0 Å². The van der Waals surface area contributed by atoms with E-state index < -0.39 is 5.97 Å². The predicted molar refractivity (Wildman–Crippen MR) is 85.0 cm³/mol. The number of aryl methyl sites for hydroxylation is 1. The van der Waals surface area contributed by atoms with Gasteiger partial charge in [0.2, 0.25) is 0 Å². The molecule has 0 aliphatic heterocycles. The van der Waals surface area contributed by atoms with Crippen LogP contribution in [0.5, 0.6) is 0 Å². The topological polar surface area (TPSA) is 75.3 Å². The lowest BCUT2D eigenvalue weighted by Crippen LogP contribution is -2.04. The molecule has 0 saturated carbocycles. The lowest BCUT2D eigenvalue weighted by Gasteiger charge is -2.13. The summed E-state index contributed by atoms with van der Waals surface area (Å²) in [6.07, 6.45) is 0. The first-order chi connectivity index (χ1) is 9.38. The van der Waals surface area contributed by atoms with E-state index in [2.05, 4.69) is 21.2 Å². The van der Waals surface area contributed by atoms with Gasteiger partial charge in [-0.25, -0.2) is 4.79 Å². The SMILES string of the molecule is Cc1cc(Br)c(Nc2cc(N)ccc2C(=O)O)cc1Cl. The molecule has 104 valence electrons. The highest BCUT2D eigenvalue weighted by Crippen LogP contribution is 2.33. The van der Waals surface area contributed by atoms with Crippen molar-refractivity contribution in [3.63, 3.8) is 0 Å². The number of hydrogen-bond acceptors (Lipinski definition) is 3. The molecule has 0 saturated heterocycles. The van der Waals surface area contributed by atoms with Crippen LogP contribution in [0.3, 0.4) is 0 Å². The average Bonchev–Trinajstić information content (AvgIpc) is 2.35. The maximum Gasteiger partial charge on any atom is 0.337 e. The van der Waals surface area contributed by atoms with Gasteiger partial charge in [-0.2, -0.15) is 0 Å². The van der Waals surface area contributed by atoms with E-state index in [1.54, 1.807) is 18.2 Å². The molecule has 2 rings (SSSR count). The number of aromatic carboxylic acids is 1. The third kappa shape index (κ3) is 3.05. The molecule has 0 aliphatic rings. The number of nitrogens with one attached hydrogen (secondary N) is 1. The highest BCUT2D eigenvalue weighted by molar-refractivity contribution is 9.10. The van der Waals surface area contributed by atoms with E-state index in [0.717, 1.165) is 10.0 Å². The van der Waals surface area contributed by atoms with Crippen molar-refractivity contribution in [2.75, 3.05) is 11.1 Å². The van der Waals surface area contributed by atoms with Gasteiger partial charge in [-0.05, 0) is 58.7 Å². The van der Waals surface area contributed by atoms with Gasteiger partial charge in [0.15, 0.2) is 0 Å². The summed E-state index contributed by atoms with van der Waals surface area (Å²) in [4.78, 5) is 11.2. The number of rotatable bonds is 3. The molecule has 2 aromatic rings. The molecule has 20 heavy (non-hydrogen) atoms. The van der Waals surface area contributed by atoms with Gasteiger partial charge in [-0.1, -0.05) is 11.6 Å². The smallest absolute Gasteiger partial charge is 0.337 e.